The molecule has 4 aromatic carbocycles. The molecule has 3 heterocycles. The topological polar surface area (TPSA) is 44.9 Å². The van der Waals surface area contributed by atoms with Gasteiger partial charge in [-0.2, -0.15) is 17.2 Å². The Morgan fingerprint density at radius 1 is 0.733 bits per heavy atom. The van der Waals surface area contributed by atoms with E-state index < -0.39 is 28.8 Å². The van der Waals surface area contributed by atoms with Crippen molar-refractivity contribution < 1.29 is 43.4 Å². The zero-order valence-electron chi connectivity index (χ0n) is 24.0. The molecule has 3 aromatic heterocycles. The van der Waals surface area contributed by atoms with E-state index in [0.29, 0.717) is 17.2 Å². The van der Waals surface area contributed by atoms with Gasteiger partial charge in [-0.3, -0.25) is 4.68 Å². The number of aryl methyl sites for hydroxylation is 2. The van der Waals surface area contributed by atoms with Crippen molar-refractivity contribution in [1.82, 2.24) is 19.3 Å². The number of rotatable bonds is 5. The van der Waals surface area contributed by atoms with Gasteiger partial charge in [-0.25, -0.2) is 22.5 Å². The van der Waals surface area contributed by atoms with E-state index in [1.54, 1.807) is 31.3 Å². The number of para-hydroxylation sites is 1. The first kappa shape index (κ1) is 30.3. The Labute approximate surface area is 270 Å². The van der Waals surface area contributed by atoms with Gasteiger partial charge in [0, 0.05) is 40.5 Å². The maximum Gasteiger partial charge on any atom is 2.00 e. The van der Waals surface area contributed by atoms with E-state index in [4.69, 9.17) is 4.74 Å². The number of ether oxygens (including phenoxy) is 1. The Balaban J connectivity index is 0.00000357. The van der Waals surface area contributed by atoms with Gasteiger partial charge in [0.05, 0.1) is 11.3 Å². The summed E-state index contributed by atoms with van der Waals surface area (Å²) >= 11 is 0. The molecule has 0 aliphatic rings. The minimum absolute atomic E-state index is 0. The molecular formula is C35H22F4N4OPt. The molecule has 0 aliphatic carbocycles. The van der Waals surface area contributed by atoms with E-state index in [2.05, 4.69) is 22.2 Å². The second-order valence-corrected chi connectivity index (χ2v) is 10.4. The van der Waals surface area contributed by atoms with E-state index in [0.717, 1.165) is 33.2 Å². The molecule has 0 atom stereocenters. The number of halogens is 4. The number of pyridine rings is 1. The van der Waals surface area contributed by atoms with Crippen LogP contribution in [0.4, 0.5) is 17.6 Å². The fourth-order valence-corrected chi connectivity index (χ4v) is 5.58. The van der Waals surface area contributed by atoms with Crippen LogP contribution in [-0.2, 0) is 21.1 Å². The molecule has 0 saturated heterocycles. The summed E-state index contributed by atoms with van der Waals surface area (Å²) in [6.45, 7) is 5.07. The SMILES string of the molecule is Cc1ccnc(-n2c3[c-]c(Oc4[c-]c(-n5nc(C)c(-c6c(F)c(F)cc(F)c6F)c5C)ccc4)ccc3c3ccccc32)c1.[Pt+2]. The van der Waals surface area contributed by atoms with Crippen LogP contribution < -0.4 is 4.74 Å². The molecular weight excluding hydrogens is 763 g/mol. The Morgan fingerprint density at radius 2 is 1.47 bits per heavy atom. The van der Waals surface area contributed by atoms with Gasteiger partial charge in [-0.1, -0.05) is 23.7 Å². The third kappa shape index (κ3) is 5.11. The summed E-state index contributed by atoms with van der Waals surface area (Å²) in [4.78, 5) is 4.60. The summed E-state index contributed by atoms with van der Waals surface area (Å²) in [6.07, 6.45) is 1.77. The summed E-state index contributed by atoms with van der Waals surface area (Å²) in [6, 6.07) is 27.6. The zero-order valence-corrected chi connectivity index (χ0v) is 26.3. The summed E-state index contributed by atoms with van der Waals surface area (Å²) in [5, 5.41) is 6.43. The van der Waals surface area contributed by atoms with Crippen LogP contribution in [0, 0.1) is 56.2 Å². The molecule has 45 heavy (non-hydrogen) atoms. The van der Waals surface area contributed by atoms with E-state index in [1.807, 2.05) is 60.0 Å². The molecule has 10 heteroatoms. The summed E-state index contributed by atoms with van der Waals surface area (Å²) in [7, 11) is 0. The molecule has 0 spiro atoms. The Bertz CT molecular complexity index is 2230. The Morgan fingerprint density at radius 3 is 2.22 bits per heavy atom. The molecule has 7 aromatic rings. The van der Waals surface area contributed by atoms with Crippen molar-refractivity contribution in [2.75, 3.05) is 0 Å². The van der Waals surface area contributed by atoms with Gasteiger partial charge in [0.1, 0.15) is 5.82 Å². The largest absolute Gasteiger partial charge is 2.00 e. The van der Waals surface area contributed by atoms with Crippen LogP contribution in [0.3, 0.4) is 0 Å². The first-order valence-corrected chi connectivity index (χ1v) is 13.7. The number of benzene rings is 4. The average Bonchev–Trinajstić information content (AvgIpc) is 3.49. The van der Waals surface area contributed by atoms with Crippen LogP contribution in [0.1, 0.15) is 17.0 Å². The number of nitrogens with zero attached hydrogens (tertiary/aromatic N) is 4. The van der Waals surface area contributed by atoms with Gasteiger partial charge in [0.2, 0.25) is 0 Å². The minimum Gasteiger partial charge on any atom is -0.509 e. The number of aromatic nitrogens is 4. The van der Waals surface area contributed by atoms with Gasteiger partial charge >= 0.3 is 21.1 Å². The van der Waals surface area contributed by atoms with Crippen molar-refractivity contribution >= 4 is 21.8 Å². The van der Waals surface area contributed by atoms with E-state index >= 15 is 0 Å². The third-order valence-corrected chi connectivity index (χ3v) is 7.54. The number of hydrogen-bond acceptors (Lipinski definition) is 3. The summed E-state index contributed by atoms with van der Waals surface area (Å²) < 4.78 is 67.0. The van der Waals surface area contributed by atoms with Crippen LogP contribution in [0.15, 0.2) is 79.0 Å². The molecule has 0 N–H and O–H groups in total. The molecule has 7 rings (SSSR count). The second kappa shape index (κ2) is 11.6. The number of fused-ring (bicyclic) bond motifs is 3. The van der Waals surface area contributed by atoms with E-state index in [1.165, 1.54) is 11.6 Å². The molecule has 0 unspecified atom stereocenters. The van der Waals surface area contributed by atoms with Crippen LogP contribution in [-0.4, -0.2) is 19.3 Å². The van der Waals surface area contributed by atoms with Gasteiger partial charge in [-0.15, -0.1) is 35.7 Å². The van der Waals surface area contributed by atoms with Crippen LogP contribution in [0.25, 0.3) is 44.4 Å². The van der Waals surface area contributed by atoms with Crippen LogP contribution in [0.5, 0.6) is 11.5 Å². The standard InChI is InChI=1S/C35H22F4N4O.Pt/c1-19-13-14-40-31(15-19)42-29-10-5-4-9-25(29)26-12-11-24(17-30(26)42)44-23-8-6-7-22(16-23)43-21(3)32(20(2)41-43)33-34(38)27(36)18-28(37)35(33)39;/h4-15,18H,1-3H3;/q-2;+2. The molecule has 0 saturated carbocycles. The van der Waals surface area contributed by atoms with Crippen molar-refractivity contribution in [2.45, 2.75) is 20.8 Å². The van der Waals surface area contributed by atoms with Crippen molar-refractivity contribution in [3.63, 3.8) is 0 Å². The monoisotopic (exact) mass is 785 g/mol. The van der Waals surface area contributed by atoms with Gasteiger partial charge in [-0.05, 0) is 55.6 Å². The molecule has 5 nitrogen and oxygen atoms in total. The van der Waals surface area contributed by atoms with Gasteiger partial charge < -0.3 is 9.30 Å². The van der Waals surface area contributed by atoms with Crippen LogP contribution in [0.2, 0.25) is 0 Å². The number of hydrogen-bond donors (Lipinski definition) is 0. The molecule has 0 aliphatic heterocycles. The fraction of sp³-hybridized carbons (Fsp3) is 0.0857. The van der Waals surface area contributed by atoms with Gasteiger partial charge in [0.15, 0.2) is 23.3 Å². The minimum atomic E-state index is -1.49. The van der Waals surface area contributed by atoms with Gasteiger partial charge in [0.25, 0.3) is 0 Å². The third-order valence-electron chi connectivity index (χ3n) is 7.54. The average molecular weight is 786 g/mol. The maximum atomic E-state index is 14.7. The summed E-state index contributed by atoms with van der Waals surface area (Å²) in [5.41, 5.74) is 2.82. The molecule has 0 radical (unpaired) electrons. The predicted molar refractivity (Wildman–Crippen MR) is 159 cm³/mol. The normalized spacial score (nSPS) is 11.3. The zero-order chi connectivity index (χ0) is 30.7. The van der Waals surface area contributed by atoms with Crippen molar-refractivity contribution in [3.8, 4) is 34.1 Å². The Kier molecular flexibility index (Phi) is 7.83. The molecule has 226 valence electrons. The van der Waals surface area contributed by atoms with Crippen molar-refractivity contribution in [3.05, 3.63) is 131 Å². The quantitative estimate of drug-likeness (QED) is 0.0996. The van der Waals surface area contributed by atoms with Crippen LogP contribution >= 0.6 is 0 Å². The first-order valence-electron chi connectivity index (χ1n) is 13.7. The molecule has 0 bridgehead atoms. The smallest absolute Gasteiger partial charge is 0.509 e. The van der Waals surface area contributed by atoms with Crippen molar-refractivity contribution in [1.29, 1.82) is 0 Å². The molecule has 0 fully saturated rings. The van der Waals surface area contributed by atoms with E-state index in [9.17, 15) is 17.6 Å². The molecule has 0 amide bonds. The first-order chi connectivity index (χ1) is 21.2. The van der Waals surface area contributed by atoms with Crippen molar-refractivity contribution in [2.24, 2.45) is 0 Å². The second-order valence-electron chi connectivity index (χ2n) is 10.4. The maximum absolute atomic E-state index is 14.7. The fourth-order valence-electron chi connectivity index (χ4n) is 5.58. The summed E-state index contributed by atoms with van der Waals surface area (Å²) in [5.74, 6) is -4.44. The Hall–Kier alpha value is -4.75. The predicted octanol–water partition coefficient (Wildman–Crippen LogP) is 8.90. The van der Waals surface area contributed by atoms with E-state index in [-0.39, 0.29) is 44.1 Å².